The van der Waals surface area contributed by atoms with Crippen molar-refractivity contribution in [1.82, 2.24) is 5.32 Å². The van der Waals surface area contributed by atoms with Crippen LogP contribution in [0.2, 0.25) is 0 Å². The van der Waals surface area contributed by atoms with Crippen LogP contribution in [-0.2, 0) is 16.4 Å². The van der Waals surface area contributed by atoms with E-state index in [2.05, 4.69) is 37.2 Å². The Morgan fingerprint density at radius 3 is 2.43 bits per heavy atom. The van der Waals surface area contributed by atoms with Crippen molar-refractivity contribution in [2.45, 2.75) is 32.1 Å². The second-order valence-electron chi connectivity index (χ2n) is 5.44. The molecule has 0 saturated heterocycles. The minimum Gasteiger partial charge on any atom is -0.492 e. The number of sulfone groups is 1. The second kappa shape index (κ2) is 7.44. The van der Waals surface area contributed by atoms with Crippen LogP contribution in [0.4, 0.5) is 0 Å². The molecule has 7 heteroatoms. The van der Waals surface area contributed by atoms with Crippen molar-refractivity contribution in [2.24, 2.45) is 0 Å². The van der Waals surface area contributed by atoms with Crippen LogP contribution in [0.1, 0.15) is 26.3 Å². The number of nitrogens with one attached hydrogen (secondary N) is 1. The van der Waals surface area contributed by atoms with Gasteiger partial charge in [0.25, 0.3) is 0 Å². The molecule has 1 aromatic rings. The summed E-state index contributed by atoms with van der Waals surface area (Å²) < 4.78 is 30.0. The summed E-state index contributed by atoms with van der Waals surface area (Å²) in [4.78, 5) is 0. The third kappa shape index (κ3) is 5.23. The van der Waals surface area contributed by atoms with Gasteiger partial charge in [-0.3, -0.25) is 0 Å². The Balaban J connectivity index is 2.85. The van der Waals surface area contributed by atoms with Crippen LogP contribution >= 0.6 is 31.9 Å². The first-order valence-corrected chi connectivity index (χ1v) is 10.1. The zero-order valence-electron chi connectivity index (χ0n) is 12.7. The highest BCUT2D eigenvalue weighted by molar-refractivity contribution is 9.11. The van der Waals surface area contributed by atoms with E-state index in [-0.39, 0.29) is 0 Å². The number of hydrogen-bond donors (Lipinski definition) is 1. The topological polar surface area (TPSA) is 55.4 Å². The molecule has 0 atom stereocenters. The zero-order valence-corrected chi connectivity index (χ0v) is 16.7. The maximum atomic E-state index is 11.7. The first-order chi connectivity index (χ1) is 9.58. The van der Waals surface area contributed by atoms with Gasteiger partial charge in [0.15, 0.2) is 9.84 Å². The molecule has 120 valence electrons. The molecule has 0 spiro atoms. The molecule has 0 aromatic heterocycles. The third-order valence-electron chi connectivity index (χ3n) is 3.24. The average Bonchev–Trinajstić information content (AvgIpc) is 2.31. The molecule has 0 bridgehead atoms. The van der Waals surface area contributed by atoms with Gasteiger partial charge >= 0.3 is 0 Å². The van der Waals surface area contributed by atoms with Gasteiger partial charge in [-0.05, 0) is 48.8 Å². The van der Waals surface area contributed by atoms with Crippen LogP contribution in [0.15, 0.2) is 21.1 Å². The number of benzene rings is 1. The third-order valence-corrected chi connectivity index (χ3v) is 6.44. The number of halogens is 2. The Hall–Kier alpha value is -0.110. The van der Waals surface area contributed by atoms with Crippen molar-refractivity contribution in [2.75, 3.05) is 19.4 Å². The molecule has 4 nitrogen and oxygen atoms in total. The summed E-state index contributed by atoms with van der Waals surface area (Å²) in [6.45, 7) is 6.85. The minimum atomic E-state index is -3.11. The Kier molecular flexibility index (Phi) is 6.71. The van der Waals surface area contributed by atoms with Crippen molar-refractivity contribution < 1.29 is 13.2 Å². The summed E-state index contributed by atoms with van der Waals surface area (Å²) in [5.74, 6) is 0.783. The van der Waals surface area contributed by atoms with Crippen molar-refractivity contribution in [3.8, 4) is 5.75 Å². The maximum Gasteiger partial charge on any atom is 0.153 e. The molecule has 0 amide bonds. The van der Waals surface area contributed by atoms with E-state index in [1.165, 1.54) is 6.26 Å². The largest absolute Gasteiger partial charge is 0.492 e. The van der Waals surface area contributed by atoms with Gasteiger partial charge in [0.2, 0.25) is 0 Å². The standard InChI is InChI=1S/C14H21Br2NO3S/c1-5-20-13-10(6-11(15)7-12(13)16)8-17-9-14(2,3)21(4,18)19/h6-7,17H,5,8-9H2,1-4H3. The summed E-state index contributed by atoms with van der Waals surface area (Å²) in [5, 5.41) is 3.20. The molecule has 0 saturated carbocycles. The fraction of sp³-hybridized carbons (Fsp3) is 0.571. The molecule has 0 unspecified atom stereocenters. The van der Waals surface area contributed by atoms with Crippen LogP contribution in [0.5, 0.6) is 5.75 Å². The van der Waals surface area contributed by atoms with Crippen molar-refractivity contribution >= 4 is 41.7 Å². The SMILES string of the molecule is CCOc1c(Br)cc(Br)cc1CNCC(C)(C)S(C)(=O)=O. The Labute approximate surface area is 143 Å². The summed E-state index contributed by atoms with van der Waals surface area (Å²) in [6.07, 6.45) is 1.26. The monoisotopic (exact) mass is 441 g/mol. The second-order valence-corrected chi connectivity index (χ2v) is 9.86. The van der Waals surface area contributed by atoms with Crippen molar-refractivity contribution in [3.63, 3.8) is 0 Å². The molecule has 0 aliphatic rings. The van der Waals surface area contributed by atoms with E-state index >= 15 is 0 Å². The lowest BCUT2D eigenvalue weighted by molar-refractivity contribution is 0.333. The van der Waals surface area contributed by atoms with Gasteiger partial charge in [-0.1, -0.05) is 15.9 Å². The normalized spacial score (nSPS) is 12.5. The number of ether oxygens (including phenoxy) is 1. The lowest BCUT2D eigenvalue weighted by atomic mass is 10.1. The van der Waals surface area contributed by atoms with E-state index < -0.39 is 14.6 Å². The zero-order chi connectivity index (χ0) is 16.3. The van der Waals surface area contributed by atoms with Crippen molar-refractivity contribution in [1.29, 1.82) is 0 Å². The molecule has 0 fully saturated rings. The van der Waals surface area contributed by atoms with Gasteiger partial charge in [-0.15, -0.1) is 0 Å². The average molecular weight is 443 g/mol. The smallest absolute Gasteiger partial charge is 0.153 e. The Morgan fingerprint density at radius 2 is 1.90 bits per heavy atom. The summed E-state index contributed by atoms with van der Waals surface area (Å²) in [7, 11) is -3.11. The van der Waals surface area contributed by atoms with Crippen molar-refractivity contribution in [3.05, 3.63) is 26.6 Å². The van der Waals surface area contributed by atoms with Gasteiger partial charge in [-0.2, -0.15) is 0 Å². The maximum absolute atomic E-state index is 11.7. The number of rotatable bonds is 7. The first-order valence-electron chi connectivity index (χ1n) is 6.59. The summed E-state index contributed by atoms with van der Waals surface area (Å²) in [6, 6.07) is 3.89. The summed E-state index contributed by atoms with van der Waals surface area (Å²) in [5.41, 5.74) is 0.974. The van der Waals surface area contributed by atoms with E-state index in [4.69, 9.17) is 4.74 Å². The highest BCUT2D eigenvalue weighted by Gasteiger charge is 2.29. The summed E-state index contributed by atoms with van der Waals surface area (Å²) >= 11 is 6.94. The van der Waals surface area contributed by atoms with E-state index in [0.29, 0.717) is 19.7 Å². The van der Waals surface area contributed by atoms with Gasteiger partial charge in [0.05, 0.1) is 15.8 Å². The molecule has 1 N–H and O–H groups in total. The molecule has 0 radical (unpaired) electrons. The minimum absolute atomic E-state index is 0.377. The van der Waals surface area contributed by atoms with Crippen LogP contribution in [0, 0.1) is 0 Å². The van der Waals surface area contributed by atoms with E-state index in [1.807, 2.05) is 19.1 Å². The van der Waals surface area contributed by atoms with E-state index in [0.717, 1.165) is 20.3 Å². The van der Waals surface area contributed by atoms with Crippen LogP contribution in [-0.4, -0.2) is 32.6 Å². The van der Waals surface area contributed by atoms with E-state index in [1.54, 1.807) is 13.8 Å². The lowest BCUT2D eigenvalue weighted by Gasteiger charge is -2.23. The predicted molar refractivity (Wildman–Crippen MR) is 93.6 cm³/mol. The fourth-order valence-electron chi connectivity index (χ4n) is 1.68. The molecule has 21 heavy (non-hydrogen) atoms. The van der Waals surface area contributed by atoms with Gasteiger partial charge < -0.3 is 10.1 Å². The first kappa shape index (κ1) is 18.9. The highest BCUT2D eigenvalue weighted by Crippen LogP contribution is 2.33. The molecule has 0 aliphatic heterocycles. The molecular formula is C14H21Br2NO3S. The van der Waals surface area contributed by atoms with Gasteiger partial charge in [0, 0.05) is 29.4 Å². The quantitative estimate of drug-likeness (QED) is 0.701. The van der Waals surface area contributed by atoms with Crippen LogP contribution in [0.25, 0.3) is 0 Å². The van der Waals surface area contributed by atoms with E-state index in [9.17, 15) is 8.42 Å². The predicted octanol–water partition coefficient (Wildman–Crippen LogP) is 3.52. The van der Waals surface area contributed by atoms with Crippen LogP contribution in [0.3, 0.4) is 0 Å². The molecule has 1 rings (SSSR count). The molecule has 1 aromatic carbocycles. The van der Waals surface area contributed by atoms with Gasteiger partial charge in [0.1, 0.15) is 5.75 Å². The Morgan fingerprint density at radius 1 is 1.29 bits per heavy atom. The van der Waals surface area contributed by atoms with Crippen LogP contribution < -0.4 is 10.1 Å². The lowest BCUT2D eigenvalue weighted by Crippen LogP contribution is -2.41. The fourth-order valence-corrected chi connectivity index (χ4v) is 3.47. The molecule has 0 heterocycles. The molecule has 0 aliphatic carbocycles. The Bertz CT molecular complexity index is 600. The number of hydrogen-bond acceptors (Lipinski definition) is 4. The highest BCUT2D eigenvalue weighted by atomic mass is 79.9. The van der Waals surface area contributed by atoms with Gasteiger partial charge in [-0.25, -0.2) is 8.42 Å². The molecular weight excluding hydrogens is 422 g/mol.